The molecule has 0 bridgehead atoms. The highest BCUT2D eigenvalue weighted by molar-refractivity contribution is 5.73. The van der Waals surface area contributed by atoms with Crippen LogP contribution in [0.3, 0.4) is 0 Å². The van der Waals surface area contributed by atoms with Gasteiger partial charge in [-0.05, 0) is 75.0 Å². The van der Waals surface area contributed by atoms with E-state index in [2.05, 4.69) is 40.7 Å². The van der Waals surface area contributed by atoms with Crippen molar-refractivity contribution in [3.8, 4) is 0 Å². The molecule has 3 heteroatoms. The van der Waals surface area contributed by atoms with E-state index in [1.54, 1.807) is 0 Å². The molecule has 0 aromatic carbocycles. The molecule has 0 radical (unpaired) electrons. The maximum absolute atomic E-state index is 12.0. The third kappa shape index (κ3) is 4.40. The second-order valence-electron chi connectivity index (χ2n) is 10.4. The maximum atomic E-state index is 12.0. The normalized spacial score (nSPS) is 36.8. The molecule has 0 aromatic rings. The molecule has 2 aliphatic rings. The summed E-state index contributed by atoms with van der Waals surface area (Å²) in [5.41, 5.74) is 0.960. The summed E-state index contributed by atoms with van der Waals surface area (Å²) < 4.78 is 4.76. The Morgan fingerprint density at radius 1 is 1.25 bits per heavy atom. The highest BCUT2D eigenvalue weighted by atomic mass is 16.5. The van der Waals surface area contributed by atoms with Gasteiger partial charge in [-0.1, -0.05) is 57.9 Å². The van der Waals surface area contributed by atoms with E-state index in [0.717, 1.165) is 25.7 Å². The van der Waals surface area contributed by atoms with Crippen molar-refractivity contribution < 1.29 is 14.6 Å². The molecule has 28 heavy (non-hydrogen) atoms. The fourth-order valence-corrected chi connectivity index (χ4v) is 6.22. The number of hydrogen-bond acceptors (Lipinski definition) is 3. The molecule has 3 nitrogen and oxygen atoms in total. The van der Waals surface area contributed by atoms with Crippen molar-refractivity contribution in [2.45, 2.75) is 92.1 Å². The molecule has 2 saturated carbocycles. The Balaban J connectivity index is 2.11. The van der Waals surface area contributed by atoms with E-state index >= 15 is 0 Å². The third-order valence-corrected chi connectivity index (χ3v) is 8.18. The molecule has 0 spiro atoms. The first-order valence-electron chi connectivity index (χ1n) is 11.1. The number of rotatable bonds is 6. The van der Waals surface area contributed by atoms with Crippen LogP contribution < -0.4 is 0 Å². The minimum Gasteiger partial charge on any atom is -0.469 e. The number of carbonyl (C=O) groups excluding carboxylic acids is 1. The van der Waals surface area contributed by atoms with Crippen LogP contribution in [-0.2, 0) is 9.53 Å². The van der Waals surface area contributed by atoms with E-state index in [1.807, 2.05) is 19.1 Å². The number of carbonyl (C=O) groups is 1. The van der Waals surface area contributed by atoms with Crippen LogP contribution in [0.4, 0.5) is 0 Å². The van der Waals surface area contributed by atoms with Crippen LogP contribution in [0.1, 0.15) is 86.5 Å². The highest BCUT2D eigenvalue weighted by Crippen LogP contribution is 2.63. The molecular formula is C25H42O3. The van der Waals surface area contributed by atoms with E-state index in [4.69, 9.17) is 4.74 Å². The topological polar surface area (TPSA) is 46.5 Å². The summed E-state index contributed by atoms with van der Waals surface area (Å²) >= 11 is 0. The maximum Gasteiger partial charge on any atom is 0.312 e. The lowest BCUT2D eigenvalue weighted by atomic mass is 9.44. The van der Waals surface area contributed by atoms with Gasteiger partial charge in [0.25, 0.3) is 0 Å². The van der Waals surface area contributed by atoms with Crippen LogP contribution in [0, 0.1) is 28.6 Å². The second kappa shape index (κ2) is 8.73. The average molecular weight is 391 g/mol. The average Bonchev–Trinajstić information content (AvgIpc) is 2.63. The van der Waals surface area contributed by atoms with Gasteiger partial charge >= 0.3 is 5.97 Å². The second-order valence-corrected chi connectivity index (χ2v) is 10.4. The lowest BCUT2D eigenvalue weighted by Gasteiger charge is -2.63. The Hall–Kier alpha value is -1.09. The van der Waals surface area contributed by atoms with E-state index in [1.165, 1.54) is 31.9 Å². The smallest absolute Gasteiger partial charge is 0.312 e. The van der Waals surface area contributed by atoms with Crippen molar-refractivity contribution in [1.29, 1.82) is 0 Å². The Bertz CT molecular complexity index is 617. The number of methoxy groups -OCH3 is 1. The van der Waals surface area contributed by atoms with Gasteiger partial charge in [0.15, 0.2) is 0 Å². The predicted molar refractivity (Wildman–Crippen MR) is 116 cm³/mol. The van der Waals surface area contributed by atoms with Crippen molar-refractivity contribution in [2.24, 2.45) is 28.6 Å². The van der Waals surface area contributed by atoms with E-state index in [9.17, 15) is 9.90 Å². The predicted octanol–water partition coefficient (Wildman–Crippen LogP) is 6.07. The molecule has 2 rings (SSSR count). The van der Waals surface area contributed by atoms with E-state index in [0.29, 0.717) is 17.3 Å². The summed E-state index contributed by atoms with van der Waals surface area (Å²) in [5.74, 6) is 0.484. The van der Waals surface area contributed by atoms with E-state index < -0.39 is 5.60 Å². The van der Waals surface area contributed by atoms with Gasteiger partial charge in [-0.3, -0.25) is 4.79 Å². The Labute approximate surface area is 172 Å². The number of allylic oxidation sites excluding steroid dienone is 3. The monoisotopic (exact) mass is 390 g/mol. The largest absolute Gasteiger partial charge is 0.469 e. The summed E-state index contributed by atoms with van der Waals surface area (Å²) in [6.45, 7) is 13.4. The fourth-order valence-electron chi connectivity index (χ4n) is 6.22. The van der Waals surface area contributed by atoms with E-state index in [-0.39, 0.29) is 17.3 Å². The highest BCUT2D eigenvalue weighted by Gasteiger charge is 2.60. The summed E-state index contributed by atoms with van der Waals surface area (Å²) in [4.78, 5) is 11.5. The van der Waals surface area contributed by atoms with Crippen molar-refractivity contribution >= 4 is 5.97 Å². The molecule has 0 aliphatic heterocycles. The van der Waals surface area contributed by atoms with Crippen LogP contribution in [0.2, 0.25) is 0 Å². The van der Waals surface area contributed by atoms with Crippen LogP contribution in [0.5, 0.6) is 0 Å². The molecule has 0 amide bonds. The number of ether oxygens (including phenoxy) is 1. The van der Waals surface area contributed by atoms with Crippen LogP contribution in [0.25, 0.3) is 0 Å². The van der Waals surface area contributed by atoms with Crippen molar-refractivity contribution in [3.63, 3.8) is 0 Å². The first kappa shape index (κ1) is 23.2. The van der Waals surface area contributed by atoms with Crippen LogP contribution >= 0.6 is 0 Å². The molecule has 0 saturated heterocycles. The zero-order valence-corrected chi connectivity index (χ0v) is 19.2. The molecule has 160 valence electrons. The molecule has 1 N–H and O–H groups in total. The number of hydrogen-bond donors (Lipinski definition) is 1. The SMILES string of the molecule is COC(=O)[C@H](C)/C=C/C=C(\C)CC[C@@]1(O)[C@H](C)CC[C@H]2C(C)(C)CCC[C@@]21C. The number of fused-ring (bicyclic) bond motifs is 1. The zero-order chi connectivity index (χ0) is 21.2. The lowest BCUT2D eigenvalue weighted by Crippen LogP contribution is -2.62. The Morgan fingerprint density at radius 2 is 1.93 bits per heavy atom. The number of aliphatic hydroxyl groups is 1. The Morgan fingerprint density at radius 3 is 2.57 bits per heavy atom. The molecule has 0 aromatic heterocycles. The van der Waals surface area contributed by atoms with Gasteiger partial charge in [-0.25, -0.2) is 0 Å². The molecule has 0 unspecified atom stereocenters. The summed E-state index contributed by atoms with van der Waals surface area (Å²) in [6, 6.07) is 0. The fraction of sp³-hybridized carbons (Fsp3) is 0.800. The quantitative estimate of drug-likeness (QED) is 0.442. The minimum absolute atomic E-state index is 0.00192. The van der Waals surface area contributed by atoms with Crippen molar-refractivity contribution in [3.05, 3.63) is 23.8 Å². The van der Waals surface area contributed by atoms with Gasteiger partial charge in [0.05, 0.1) is 18.6 Å². The van der Waals surface area contributed by atoms with Gasteiger partial charge in [-0.15, -0.1) is 0 Å². The van der Waals surface area contributed by atoms with Crippen LogP contribution in [-0.4, -0.2) is 23.8 Å². The van der Waals surface area contributed by atoms with Gasteiger partial charge in [0.2, 0.25) is 0 Å². The van der Waals surface area contributed by atoms with Gasteiger partial charge in [0.1, 0.15) is 0 Å². The molecule has 5 atom stereocenters. The summed E-state index contributed by atoms with van der Waals surface area (Å²) in [6.07, 6.45) is 13.6. The summed E-state index contributed by atoms with van der Waals surface area (Å²) in [7, 11) is 1.42. The summed E-state index contributed by atoms with van der Waals surface area (Å²) in [5, 5.41) is 12.0. The lowest BCUT2D eigenvalue weighted by molar-refractivity contribution is -0.211. The van der Waals surface area contributed by atoms with Gasteiger partial charge in [-0.2, -0.15) is 0 Å². The first-order chi connectivity index (χ1) is 13.0. The van der Waals surface area contributed by atoms with Crippen molar-refractivity contribution in [2.75, 3.05) is 7.11 Å². The Kier molecular flexibility index (Phi) is 7.23. The van der Waals surface area contributed by atoms with Crippen LogP contribution in [0.15, 0.2) is 23.8 Å². The molecule has 0 heterocycles. The van der Waals surface area contributed by atoms with Crippen molar-refractivity contribution in [1.82, 2.24) is 0 Å². The molecule has 2 aliphatic carbocycles. The third-order valence-electron chi connectivity index (χ3n) is 8.18. The molecular weight excluding hydrogens is 348 g/mol. The standard InChI is InChI=1S/C25H42O3/c1-18(10-8-11-19(2)22(26)28-7)14-17-25(27)20(3)12-13-21-23(4,5)15-9-16-24(21,25)6/h8,10-11,19-21,27H,9,12-17H2,1-7H3/b11-8+,18-10+/t19-,20-,21+,24+,25-/m1/s1. The molecule has 2 fully saturated rings. The minimum atomic E-state index is -0.605. The first-order valence-corrected chi connectivity index (χ1v) is 11.1. The number of esters is 1. The van der Waals surface area contributed by atoms with Gasteiger partial charge in [0, 0.05) is 0 Å². The zero-order valence-electron chi connectivity index (χ0n) is 19.2. The van der Waals surface area contributed by atoms with Gasteiger partial charge < -0.3 is 9.84 Å².